The monoisotopic (exact) mass is 269 g/mol. The number of fused-ring (bicyclic) bond motifs is 2. The van der Waals surface area contributed by atoms with E-state index in [2.05, 4.69) is 4.90 Å². The first-order valence-electron chi connectivity index (χ1n) is 6.46. The van der Waals surface area contributed by atoms with Crippen LogP contribution in [0.3, 0.4) is 0 Å². The lowest BCUT2D eigenvalue weighted by atomic mass is 9.77. The summed E-state index contributed by atoms with van der Waals surface area (Å²) in [7, 11) is 2.00. The van der Waals surface area contributed by atoms with Gasteiger partial charge in [-0.15, -0.1) is 0 Å². The molecule has 2 aliphatic heterocycles. The third-order valence-electron chi connectivity index (χ3n) is 4.32. The van der Waals surface area contributed by atoms with Crippen LogP contribution in [0.25, 0.3) is 0 Å². The minimum Gasteiger partial charge on any atom is -0.385 e. The van der Waals surface area contributed by atoms with E-state index in [9.17, 15) is 13.9 Å². The van der Waals surface area contributed by atoms with Gasteiger partial charge in [-0.05, 0) is 37.6 Å². The molecular formula is C14H17F2NO2. The van der Waals surface area contributed by atoms with Crippen molar-refractivity contribution >= 4 is 0 Å². The first kappa shape index (κ1) is 13.0. The second kappa shape index (κ2) is 4.51. The van der Waals surface area contributed by atoms with Gasteiger partial charge in [-0.2, -0.15) is 0 Å². The number of morpholine rings is 1. The minimum absolute atomic E-state index is 0.0869. The Kier molecular flexibility index (Phi) is 3.08. The van der Waals surface area contributed by atoms with Crippen molar-refractivity contribution in [3.8, 4) is 0 Å². The van der Waals surface area contributed by atoms with Crippen molar-refractivity contribution in [1.29, 1.82) is 0 Å². The van der Waals surface area contributed by atoms with Gasteiger partial charge in [0.2, 0.25) is 0 Å². The Morgan fingerprint density at radius 3 is 2.21 bits per heavy atom. The summed E-state index contributed by atoms with van der Waals surface area (Å²) in [6.07, 6.45) is 0.867. The molecular weight excluding hydrogens is 252 g/mol. The lowest BCUT2D eigenvalue weighted by Crippen LogP contribution is -2.59. The van der Waals surface area contributed by atoms with Crippen LogP contribution in [0.1, 0.15) is 18.4 Å². The average Bonchev–Trinajstić information content (AvgIpc) is 2.30. The van der Waals surface area contributed by atoms with E-state index in [0.717, 1.165) is 6.07 Å². The van der Waals surface area contributed by atoms with Crippen LogP contribution in [-0.2, 0) is 10.3 Å². The minimum atomic E-state index is -1.17. The van der Waals surface area contributed by atoms with Crippen molar-refractivity contribution in [2.24, 2.45) is 0 Å². The SMILES string of the molecule is CN1C2COCC1CC(O)(c1cc(F)cc(F)c1)C2. The predicted molar refractivity (Wildman–Crippen MR) is 65.6 cm³/mol. The fourth-order valence-corrected chi connectivity index (χ4v) is 3.20. The molecule has 3 nitrogen and oxygen atoms in total. The van der Waals surface area contributed by atoms with E-state index in [1.165, 1.54) is 12.1 Å². The normalized spacial score (nSPS) is 35.4. The maximum atomic E-state index is 13.3. The Balaban J connectivity index is 1.95. The van der Waals surface area contributed by atoms with Gasteiger partial charge in [-0.1, -0.05) is 0 Å². The molecule has 2 atom stereocenters. The number of nitrogens with zero attached hydrogens (tertiary/aromatic N) is 1. The van der Waals surface area contributed by atoms with Crippen LogP contribution in [0.15, 0.2) is 18.2 Å². The Bertz CT molecular complexity index is 460. The third-order valence-corrected chi connectivity index (χ3v) is 4.32. The number of aliphatic hydroxyl groups is 1. The molecule has 1 N–H and O–H groups in total. The molecule has 0 saturated carbocycles. The molecule has 2 heterocycles. The van der Waals surface area contributed by atoms with Crippen molar-refractivity contribution < 1.29 is 18.6 Å². The van der Waals surface area contributed by atoms with Gasteiger partial charge in [0.1, 0.15) is 11.6 Å². The van der Waals surface area contributed by atoms with Crippen LogP contribution < -0.4 is 0 Å². The van der Waals surface area contributed by atoms with Gasteiger partial charge < -0.3 is 9.84 Å². The van der Waals surface area contributed by atoms with Gasteiger partial charge in [0.05, 0.1) is 18.8 Å². The summed E-state index contributed by atoms with van der Waals surface area (Å²) in [5.41, 5.74) is -0.843. The van der Waals surface area contributed by atoms with Crippen molar-refractivity contribution in [2.45, 2.75) is 30.5 Å². The molecule has 0 spiro atoms. The summed E-state index contributed by atoms with van der Waals surface area (Å²) in [5, 5.41) is 10.8. The maximum Gasteiger partial charge on any atom is 0.126 e. The second-order valence-corrected chi connectivity index (χ2v) is 5.61. The standard InChI is InChI=1S/C14H17F2NO2/c1-17-12-5-14(18,6-13(17)8-19-7-12)9-2-10(15)4-11(16)3-9/h2-4,12-13,18H,5-8H2,1H3. The topological polar surface area (TPSA) is 32.7 Å². The quantitative estimate of drug-likeness (QED) is 0.841. The molecule has 2 unspecified atom stereocenters. The molecule has 2 saturated heterocycles. The Hall–Kier alpha value is -1.04. The summed E-state index contributed by atoms with van der Waals surface area (Å²) in [5.74, 6) is -1.30. The molecule has 0 amide bonds. The van der Waals surface area contributed by atoms with Crippen LogP contribution in [0.2, 0.25) is 0 Å². The number of likely N-dealkylation sites (N-methyl/N-ethyl adjacent to an activating group) is 1. The fraction of sp³-hybridized carbons (Fsp3) is 0.571. The number of piperidine rings is 1. The zero-order valence-corrected chi connectivity index (χ0v) is 10.8. The van der Waals surface area contributed by atoms with Crippen molar-refractivity contribution in [3.63, 3.8) is 0 Å². The highest BCUT2D eigenvalue weighted by Crippen LogP contribution is 2.40. The largest absolute Gasteiger partial charge is 0.385 e. The van der Waals surface area contributed by atoms with E-state index in [4.69, 9.17) is 4.74 Å². The lowest BCUT2D eigenvalue weighted by Gasteiger charge is -2.50. The van der Waals surface area contributed by atoms with E-state index in [1.807, 2.05) is 7.05 Å². The molecule has 104 valence electrons. The number of rotatable bonds is 1. The molecule has 0 aromatic heterocycles. The molecule has 5 heteroatoms. The van der Waals surface area contributed by atoms with Gasteiger partial charge in [0.25, 0.3) is 0 Å². The van der Waals surface area contributed by atoms with Gasteiger partial charge in [-0.25, -0.2) is 8.78 Å². The second-order valence-electron chi connectivity index (χ2n) is 5.61. The Morgan fingerprint density at radius 2 is 1.68 bits per heavy atom. The molecule has 1 aromatic carbocycles. The average molecular weight is 269 g/mol. The van der Waals surface area contributed by atoms with Crippen LogP contribution in [0.5, 0.6) is 0 Å². The summed E-state index contributed by atoms with van der Waals surface area (Å²) in [4.78, 5) is 2.19. The number of benzene rings is 1. The van der Waals surface area contributed by atoms with Gasteiger partial charge >= 0.3 is 0 Å². The lowest BCUT2D eigenvalue weighted by molar-refractivity contribution is -0.137. The fourth-order valence-electron chi connectivity index (χ4n) is 3.20. The van der Waals surface area contributed by atoms with Gasteiger partial charge in [0.15, 0.2) is 0 Å². The smallest absolute Gasteiger partial charge is 0.126 e. The first-order chi connectivity index (χ1) is 8.98. The Labute approximate surface area is 110 Å². The van der Waals surface area contributed by atoms with Gasteiger partial charge in [-0.3, -0.25) is 4.90 Å². The number of hydrogen-bond donors (Lipinski definition) is 1. The van der Waals surface area contributed by atoms with E-state index in [1.54, 1.807) is 0 Å². The predicted octanol–water partition coefficient (Wildman–Crippen LogP) is 1.65. The van der Waals surface area contributed by atoms with Crippen molar-refractivity contribution in [1.82, 2.24) is 4.90 Å². The van der Waals surface area contributed by atoms with Crippen LogP contribution in [-0.4, -0.2) is 42.4 Å². The maximum absolute atomic E-state index is 13.3. The van der Waals surface area contributed by atoms with Gasteiger partial charge in [0, 0.05) is 18.2 Å². The molecule has 2 bridgehead atoms. The highest BCUT2D eigenvalue weighted by atomic mass is 19.1. The molecule has 19 heavy (non-hydrogen) atoms. The van der Waals surface area contributed by atoms with Crippen LogP contribution in [0, 0.1) is 11.6 Å². The number of ether oxygens (including phenoxy) is 1. The molecule has 0 aliphatic carbocycles. The van der Waals surface area contributed by atoms with E-state index < -0.39 is 17.2 Å². The van der Waals surface area contributed by atoms with Crippen LogP contribution in [0.4, 0.5) is 8.78 Å². The molecule has 1 aromatic rings. The molecule has 2 aliphatic rings. The summed E-state index contributed by atoms with van der Waals surface area (Å²) >= 11 is 0. The third kappa shape index (κ3) is 2.26. The zero-order valence-electron chi connectivity index (χ0n) is 10.8. The van der Waals surface area contributed by atoms with E-state index in [-0.39, 0.29) is 12.1 Å². The summed E-state index contributed by atoms with van der Waals surface area (Å²) in [6.45, 7) is 1.10. The Morgan fingerprint density at radius 1 is 1.16 bits per heavy atom. The molecule has 2 fully saturated rings. The number of hydrogen-bond acceptors (Lipinski definition) is 3. The highest BCUT2D eigenvalue weighted by molar-refractivity contribution is 5.26. The number of halogens is 2. The van der Waals surface area contributed by atoms with E-state index >= 15 is 0 Å². The zero-order chi connectivity index (χ0) is 13.6. The van der Waals surface area contributed by atoms with Crippen molar-refractivity contribution in [3.05, 3.63) is 35.4 Å². The highest BCUT2D eigenvalue weighted by Gasteiger charge is 2.45. The van der Waals surface area contributed by atoms with E-state index in [0.29, 0.717) is 31.6 Å². The molecule has 3 rings (SSSR count). The summed E-state index contributed by atoms with van der Waals surface area (Å²) in [6, 6.07) is 3.45. The first-order valence-corrected chi connectivity index (χ1v) is 6.46. The van der Waals surface area contributed by atoms with Crippen molar-refractivity contribution in [2.75, 3.05) is 20.3 Å². The molecule has 0 radical (unpaired) electrons. The van der Waals surface area contributed by atoms with Crippen LogP contribution >= 0.6 is 0 Å². The summed E-state index contributed by atoms with van der Waals surface area (Å²) < 4.78 is 32.1.